The molecule has 3 aromatic carbocycles. The van der Waals surface area contributed by atoms with E-state index in [9.17, 15) is 26.8 Å². The number of benzene rings is 3. The molecule has 3 heterocycles. The maximum Gasteiger partial charge on any atom is 0.261 e. The fourth-order valence-electron chi connectivity index (χ4n) is 5.07. The highest BCUT2D eigenvalue weighted by Gasteiger charge is 2.26. The molecule has 6 aromatic rings. The van der Waals surface area contributed by atoms with Gasteiger partial charge in [-0.25, -0.2) is 22.2 Å². The van der Waals surface area contributed by atoms with Crippen LogP contribution in [0.5, 0.6) is 0 Å². The van der Waals surface area contributed by atoms with Gasteiger partial charge in [-0.3, -0.25) is 23.4 Å². The Bertz CT molecular complexity index is 2280. The number of sulfonamides is 1. The van der Waals surface area contributed by atoms with E-state index in [-0.39, 0.29) is 40.1 Å². The number of pyridine rings is 1. The van der Waals surface area contributed by atoms with Crippen LogP contribution in [0.4, 0.5) is 14.5 Å². The number of rotatable bonds is 7. The minimum absolute atomic E-state index is 0.0526. The van der Waals surface area contributed by atoms with Gasteiger partial charge in [-0.15, -0.1) is 0 Å². The zero-order valence-corrected chi connectivity index (χ0v) is 25.0. The van der Waals surface area contributed by atoms with E-state index in [1.54, 1.807) is 24.3 Å². The van der Waals surface area contributed by atoms with E-state index in [4.69, 9.17) is 4.42 Å². The molecule has 0 spiro atoms. The van der Waals surface area contributed by atoms with Crippen LogP contribution in [-0.2, 0) is 16.6 Å². The normalized spacial score (nSPS) is 11.7. The molecule has 10 nitrogen and oxygen atoms in total. The lowest BCUT2D eigenvalue weighted by atomic mass is 9.97. The second-order valence-corrected chi connectivity index (χ2v) is 12.4. The summed E-state index contributed by atoms with van der Waals surface area (Å²) in [5.41, 5.74) is 2.40. The molecule has 0 aliphatic heterocycles. The lowest BCUT2D eigenvalue weighted by molar-refractivity contribution is 0.0964. The number of hydrogen-bond acceptors (Lipinski definition) is 7. The number of amides is 1. The van der Waals surface area contributed by atoms with Crippen LogP contribution >= 0.6 is 0 Å². The van der Waals surface area contributed by atoms with Crippen LogP contribution in [0.25, 0.3) is 44.3 Å². The van der Waals surface area contributed by atoms with Crippen molar-refractivity contribution in [2.75, 3.05) is 24.7 Å². The second-order valence-electron chi connectivity index (χ2n) is 10.4. The van der Waals surface area contributed by atoms with Gasteiger partial charge in [0.05, 0.1) is 53.2 Å². The Hall–Kier alpha value is -5.43. The number of carbonyl (C=O) groups excluding carboxylic acids is 1. The van der Waals surface area contributed by atoms with Gasteiger partial charge in [0.25, 0.3) is 11.5 Å². The Balaban J connectivity index is 1.58. The molecule has 228 valence electrons. The highest BCUT2D eigenvalue weighted by molar-refractivity contribution is 7.92. The molecule has 0 atom stereocenters. The molecule has 1 N–H and O–H groups in total. The van der Waals surface area contributed by atoms with Crippen LogP contribution in [-0.4, -0.2) is 49.2 Å². The maximum atomic E-state index is 13.7. The van der Waals surface area contributed by atoms with E-state index in [0.29, 0.717) is 33.3 Å². The first-order valence-corrected chi connectivity index (χ1v) is 15.4. The van der Waals surface area contributed by atoms with Crippen LogP contribution in [0.3, 0.4) is 0 Å². The molecule has 0 aliphatic rings. The van der Waals surface area contributed by atoms with Crippen molar-refractivity contribution in [3.63, 3.8) is 0 Å². The van der Waals surface area contributed by atoms with Crippen molar-refractivity contribution in [1.29, 1.82) is 0 Å². The van der Waals surface area contributed by atoms with E-state index in [2.05, 4.69) is 15.3 Å². The van der Waals surface area contributed by atoms with Crippen molar-refractivity contribution in [3.8, 4) is 22.5 Å². The molecular formula is C32H25F2N5O5S. The second kappa shape index (κ2) is 11.2. The molecule has 45 heavy (non-hydrogen) atoms. The van der Waals surface area contributed by atoms with E-state index >= 15 is 0 Å². The zero-order valence-electron chi connectivity index (χ0n) is 24.2. The molecule has 6 rings (SSSR count). The fourth-order valence-corrected chi connectivity index (χ4v) is 5.58. The average Bonchev–Trinajstić information content (AvgIpc) is 3.40. The third-order valence-electron chi connectivity index (χ3n) is 7.46. The molecule has 0 saturated heterocycles. The number of halogens is 2. The van der Waals surface area contributed by atoms with Crippen LogP contribution in [0.1, 0.15) is 16.1 Å². The molecule has 0 radical (unpaired) electrons. The monoisotopic (exact) mass is 629 g/mol. The Morgan fingerprint density at radius 1 is 0.956 bits per heavy atom. The first-order chi connectivity index (χ1) is 21.4. The lowest BCUT2D eigenvalue weighted by Crippen LogP contribution is -2.25. The van der Waals surface area contributed by atoms with E-state index < -0.39 is 27.6 Å². The molecule has 0 unspecified atom stereocenters. The SMILES string of the molecule is CNC(=O)c1c(-c2ccc(F)cc2)oc2cc(N(C)S(C)(=O)=O)c(-c3ccc4ncn(Cc5ccc(F)cn5)c(=O)c4c3)cc12. The summed E-state index contributed by atoms with van der Waals surface area (Å²) in [5.74, 6) is -1.26. The number of fused-ring (bicyclic) bond motifs is 2. The van der Waals surface area contributed by atoms with Gasteiger partial charge in [0.2, 0.25) is 10.0 Å². The predicted octanol–water partition coefficient (Wildman–Crippen LogP) is 4.95. The number of furan rings is 1. The van der Waals surface area contributed by atoms with Crippen LogP contribution in [0, 0.1) is 11.6 Å². The molecule has 0 fully saturated rings. The van der Waals surface area contributed by atoms with Gasteiger partial charge < -0.3 is 9.73 Å². The van der Waals surface area contributed by atoms with Gasteiger partial charge in [0.1, 0.15) is 23.0 Å². The number of carbonyl (C=O) groups is 1. The molecule has 0 saturated carbocycles. The summed E-state index contributed by atoms with van der Waals surface area (Å²) in [7, 11) is -0.925. The molecule has 3 aromatic heterocycles. The van der Waals surface area contributed by atoms with Gasteiger partial charge in [0, 0.05) is 36.7 Å². The first-order valence-electron chi connectivity index (χ1n) is 13.6. The predicted molar refractivity (Wildman–Crippen MR) is 167 cm³/mol. The van der Waals surface area contributed by atoms with Crippen molar-refractivity contribution >= 4 is 43.5 Å². The van der Waals surface area contributed by atoms with Crippen LogP contribution < -0.4 is 15.2 Å². The number of anilines is 1. The summed E-state index contributed by atoms with van der Waals surface area (Å²) in [6.45, 7) is 0.0526. The highest BCUT2D eigenvalue weighted by Crippen LogP contribution is 2.41. The summed E-state index contributed by atoms with van der Waals surface area (Å²) in [5, 5.41) is 3.23. The zero-order chi connectivity index (χ0) is 32.0. The number of aromatic nitrogens is 3. The lowest BCUT2D eigenvalue weighted by Gasteiger charge is -2.21. The molecule has 1 amide bonds. The van der Waals surface area contributed by atoms with Crippen LogP contribution in [0.2, 0.25) is 0 Å². The third kappa shape index (κ3) is 5.53. The largest absolute Gasteiger partial charge is 0.455 e. The summed E-state index contributed by atoms with van der Waals surface area (Å²) in [6.07, 6.45) is 3.49. The average molecular weight is 630 g/mol. The minimum atomic E-state index is -3.77. The van der Waals surface area contributed by atoms with Crippen molar-refractivity contribution in [3.05, 3.63) is 112 Å². The van der Waals surface area contributed by atoms with Crippen molar-refractivity contribution in [1.82, 2.24) is 19.9 Å². The van der Waals surface area contributed by atoms with E-state index in [1.165, 1.54) is 67.5 Å². The smallest absolute Gasteiger partial charge is 0.261 e. The highest BCUT2D eigenvalue weighted by atomic mass is 32.2. The van der Waals surface area contributed by atoms with Crippen molar-refractivity contribution in [2.24, 2.45) is 0 Å². The number of hydrogen-bond donors (Lipinski definition) is 1. The van der Waals surface area contributed by atoms with Gasteiger partial charge in [-0.05, 0) is 60.2 Å². The number of nitrogens with one attached hydrogen (secondary N) is 1. The maximum absolute atomic E-state index is 13.7. The van der Waals surface area contributed by atoms with Crippen molar-refractivity contribution < 1.29 is 26.4 Å². The molecule has 0 aliphatic carbocycles. The van der Waals surface area contributed by atoms with Gasteiger partial charge in [-0.1, -0.05) is 6.07 Å². The minimum Gasteiger partial charge on any atom is -0.455 e. The molecular weight excluding hydrogens is 604 g/mol. The molecule has 0 bridgehead atoms. The van der Waals surface area contributed by atoms with Crippen LogP contribution in [0.15, 0.2) is 88.5 Å². The Labute approximate surface area is 255 Å². The summed E-state index contributed by atoms with van der Waals surface area (Å²) in [4.78, 5) is 35.1. The van der Waals surface area contributed by atoms with E-state index in [0.717, 1.165) is 16.8 Å². The van der Waals surface area contributed by atoms with Crippen molar-refractivity contribution in [2.45, 2.75) is 6.54 Å². The van der Waals surface area contributed by atoms with E-state index in [1.807, 2.05) is 0 Å². The van der Waals surface area contributed by atoms with Gasteiger partial charge in [-0.2, -0.15) is 0 Å². The summed E-state index contributed by atoms with van der Waals surface area (Å²) >= 11 is 0. The van der Waals surface area contributed by atoms with Gasteiger partial charge in [0.15, 0.2) is 0 Å². The third-order valence-corrected chi connectivity index (χ3v) is 8.65. The quantitative estimate of drug-likeness (QED) is 0.265. The summed E-state index contributed by atoms with van der Waals surface area (Å²) in [6, 6.07) is 16.2. The molecule has 13 heteroatoms. The van der Waals surface area contributed by atoms with Gasteiger partial charge >= 0.3 is 0 Å². The Kier molecular flexibility index (Phi) is 7.41. The Morgan fingerprint density at radius 3 is 2.33 bits per heavy atom. The topological polar surface area (TPSA) is 127 Å². The number of nitrogens with zero attached hydrogens (tertiary/aromatic N) is 4. The first kappa shape index (κ1) is 29.6. The Morgan fingerprint density at radius 2 is 1.67 bits per heavy atom. The summed E-state index contributed by atoms with van der Waals surface area (Å²) < 4.78 is 61.1. The fraction of sp³-hybridized carbons (Fsp3) is 0.125. The standard InChI is InChI=1S/C32H25F2N5O5S/c1-35-31(40)29-25-13-23(27(38(2)45(3,42)43)14-28(25)44-30(29)18-4-7-20(33)8-5-18)19-6-11-26-24(12-19)32(41)39(17-37-26)16-22-10-9-21(34)15-36-22/h4-15,17H,16H2,1-3H3,(H,35,40).